The number of carbonyl (C=O) groups excluding carboxylic acids is 1. The van der Waals surface area contributed by atoms with Gasteiger partial charge in [0.05, 0.1) is 11.3 Å². The van der Waals surface area contributed by atoms with Crippen LogP contribution in [-0.2, 0) is 16.1 Å². The molecule has 4 rings (SSSR count). The molecule has 13 nitrogen and oxygen atoms in total. The van der Waals surface area contributed by atoms with E-state index in [4.69, 9.17) is 4.74 Å². The number of para-hydroxylation sites is 1. The minimum absolute atomic E-state index is 0.0244. The highest BCUT2D eigenvalue weighted by molar-refractivity contribution is 5.83. The average molecular weight is 443 g/mol. The maximum absolute atomic E-state index is 12.1. The molecule has 0 aliphatic carbocycles. The number of aromatic nitrogens is 4. The summed E-state index contributed by atoms with van der Waals surface area (Å²) in [7, 11) is 0. The average Bonchev–Trinajstić information content (AvgIpc) is 3.34. The number of nitrogens with zero attached hydrogens (tertiary/aromatic N) is 5. The van der Waals surface area contributed by atoms with Crippen LogP contribution in [0.3, 0.4) is 0 Å². The van der Waals surface area contributed by atoms with Crippen molar-refractivity contribution in [2.45, 2.75) is 38.0 Å². The van der Waals surface area contributed by atoms with E-state index in [9.17, 15) is 25.1 Å². The molecule has 32 heavy (non-hydrogen) atoms. The lowest BCUT2D eigenvalue weighted by atomic mass is 10.1. The minimum atomic E-state index is -1.43. The van der Waals surface area contributed by atoms with Crippen molar-refractivity contribution in [2.24, 2.45) is 0 Å². The molecule has 1 saturated heterocycles. The Hall–Kier alpha value is -3.68. The minimum Gasteiger partial charge on any atom is -0.387 e. The zero-order valence-electron chi connectivity index (χ0n) is 17.0. The molecular weight excluding hydrogens is 422 g/mol. The summed E-state index contributed by atoms with van der Waals surface area (Å²) >= 11 is 0. The molecule has 0 unspecified atom stereocenters. The number of ether oxygens (including phenoxy) is 1. The highest BCUT2D eigenvalue weighted by atomic mass is 16.6. The van der Waals surface area contributed by atoms with Gasteiger partial charge < -0.3 is 25.6 Å². The predicted octanol–water partition coefficient (Wildman–Crippen LogP) is 0.102. The van der Waals surface area contributed by atoms with Crippen LogP contribution in [0, 0.1) is 10.1 Å². The number of nitrogens with one attached hydrogen (secondary N) is 2. The maximum Gasteiger partial charge on any atom is 0.274 e. The Balaban J connectivity index is 1.59. The fourth-order valence-corrected chi connectivity index (χ4v) is 3.57. The van der Waals surface area contributed by atoms with E-state index in [1.165, 1.54) is 23.3 Å². The normalized spacial score (nSPS) is 22.7. The standard InChI is InChI=1S/C19H21N7O6/c1-2-20-18(29)15-13(27)14(28)19(32-15)25-9-24-12-16(22-8-23-17(12)25)21-7-10-5-3-4-6-11(10)26(30)31/h3-6,8-9,13-15,19,27-28H,2,7H2,1H3,(H,20,29)(H,21,22,23)/t13-,14+,15-,19+/m0/s1. The number of aliphatic hydroxyl groups excluding tert-OH is 2. The third-order valence-corrected chi connectivity index (χ3v) is 5.12. The van der Waals surface area contributed by atoms with Gasteiger partial charge in [-0.3, -0.25) is 19.5 Å². The summed E-state index contributed by atoms with van der Waals surface area (Å²) in [5, 5.41) is 37.5. The third-order valence-electron chi connectivity index (χ3n) is 5.12. The van der Waals surface area contributed by atoms with Gasteiger partial charge in [-0.25, -0.2) is 15.0 Å². The number of aliphatic hydroxyl groups is 2. The Labute approximate surface area is 181 Å². The highest BCUT2D eigenvalue weighted by Gasteiger charge is 2.47. The molecule has 168 valence electrons. The molecule has 1 amide bonds. The number of fused-ring (bicyclic) bond motifs is 1. The Morgan fingerprint density at radius 3 is 2.78 bits per heavy atom. The molecule has 3 aromatic rings. The molecule has 4 atom stereocenters. The van der Waals surface area contributed by atoms with Crippen LogP contribution in [0.5, 0.6) is 0 Å². The summed E-state index contributed by atoms with van der Waals surface area (Å²) in [6, 6.07) is 6.33. The van der Waals surface area contributed by atoms with Crippen LogP contribution in [0.1, 0.15) is 18.7 Å². The molecule has 1 aromatic carbocycles. The van der Waals surface area contributed by atoms with Crippen LogP contribution in [0.15, 0.2) is 36.9 Å². The Kier molecular flexibility index (Phi) is 5.94. The topological polar surface area (TPSA) is 178 Å². The molecule has 0 saturated carbocycles. The number of hydrogen-bond donors (Lipinski definition) is 4. The molecule has 1 fully saturated rings. The van der Waals surface area contributed by atoms with Crippen molar-refractivity contribution >= 4 is 28.6 Å². The van der Waals surface area contributed by atoms with Crippen LogP contribution in [0.4, 0.5) is 11.5 Å². The number of amides is 1. The molecular formula is C19H21N7O6. The summed E-state index contributed by atoms with van der Waals surface area (Å²) in [6.07, 6.45) is -2.54. The summed E-state index contributed by atoms with van der Waals surface area (Å²) in [5.41, 5.74) is 1.06. The molecule has 13 heteroatoms. The number of imidazole rings is 1. The van der Waals surface area contributed by atoms with E-state index in [0.717, 1.165) is 0 Å². The van der Waals surface area contributed by atoms with E-state index in [1.54, 1.807) is 25.1 Å². The first-order valence-corrected chi connectivity index (χ1v) is 9.85. The van der Waals surface area contributed by atoms with Crippen molar-refractivity contribution in [1.82, 2.24) is 24.8 Å². The second kappa shape index (κ2) is 8.82. The second-order valence-corrected chi connectivity index (χ2v) is 7.11. The number of benzene rings is 1. The van der Waals surface area contributed by atoms with Gasteiger partial charge in [0.15, 0.2) is 29.3 Å². The fraction of sp³-hybridized carbons (Fsp3) is 0.368. The first-order chi connectivity index (χ1) is 15.4. The van der Waals surface area contributed by atoms with Crippen LogP contribution >= 0.6 is 0 Å². The summed E-state index contributed by atoms with van der Waals surface area (Å²) in [6.45, 7) is 2.20. The summed E-state index contributed by atoms with van der Waals surface area (Å²) < 4.78 is 7.02. The summed E-state index contributed by atoms with van der Waals surface area (Å²) in [5.74, 6) is -0.215. The largest absolute Gasteiger partial charge is 0.387 e. The van der Waals surface area contributed by atoms with E-state index >= 15 is 0 Å². The molecule has 3 heterocycles. The predicted molar refractivity (Wildman–Crippen MR) is 110 cm³/mol. The van der Waals surface area contributed by atoms with Gasteiger partial charge in [0, 0.05) is 24.7 Å². The molecule has 1 aliphatic rings. The van der Waals surface area contributed by atoms with Crippen molar-refractivity contribution < 1.29 is 24.7 Å². The smallest absolute Gasteiger partial charge is 0.274 e. The number of hydrogen-bond acceptors (Lipinski definition) is 10. The lowest BCUT2D eigenvalue weighted by molar-refractivity contribution is -0.385. The number of nitro groups is 1. The van der Waals surface area contributed by atoms with Crippen LogP contribution in [0.25, 0.3) is 11.2 Å². The highest BCUT2D eigenvalue weighted by Crippen LogP contribution is 2.32. The van der Waals surface area contributed by atoms with E-state index in [-0.39, 0.29) is 17.9 Å². The number of anilines is 1. The quantitative estimate of drug-likeness (QED) is 0.289. The van der Waals surface area contributed by atoms with Crippen molar-refractivity contribution in [1.29, 1.82) is 0 Å². The van der Waals surface area contributed by atoms with Crippen LogP contribution in [-0.4, -0.2) is 65.4 Å². The summed E-state index contributed by atoms with van der Waals surface area (Å²) in [4.78, 5) is 35.5. The van der Waals surface area contributed by atoms with E-state index in [0.29, 0.717) is 23.4 Å². The lowest BCUT2D eigenvalue weighted by Crippen LogP contribution is -2.42. The first-order valence-electron chi connectivity index (χ1n) is 9.85. The third kappa shape index (κ3) is 3.84. The van der Waals surface area contributed by atoms with Crippen LogP contribution in [0.2, 0.25) is 0 Å². The van der Waals surface area contributed by atoms with Crippen molar-refractivity contribution in [3.05, 3.63) is 52.6 Å². The van der Waals surface area contributed by atoms with Gasteiger partial charge in [-0.1, -0.05) is 18.2 Å². The number of nitro benzene ring substituents is 1. The van der Waals surface area contributed by atoms with Crippen molar-refractivity contribution in [3.8, 4) is 0 Å². The zero-order chi connectivity index (χ0) is 22.8. The Morgan fingerprint density at radius 2 is 2.03 bits per heavy atom. The second-order valence-electron chi connectivity index (χ2n) is 7.11. The fourth-order valence-electron chi connectivity index (χ4n) is 3.57. The van der Waals surface area contributed by atoms with E-state index < -0.39 is 35.4 Å². The van der Waals surface area contributed by atoms with Gasteiger partial charge in [0.1, 0.15) is 18.5 Å². The number of carbonyl (C=O) groups is 1. The van der Waals surface area contributed by atoms with Gasteiger partial charge in [-0.2, -0.15) is 0 Å². The maximum atomic E-state index is 12.1. The van der Waals surface area contributed by atoms with Crippen molar-refractivity contribution in [2.75, 3.05) is 11.9 Å². The van der Waals surface area contributed by atoms with E-state index in [2.05, 4.69) is 25.6 Å². The molecule has 0 radical (unpaired) electrons. The Bertz CT molecular complexity index is 1150. The van der Waals surface area contributed by atoms with Gasteiger partial charge in [-0.15, -0.1) is 0 Å². The molecule has 2 aromatic heterocycles. The van der Waals surface area contributed by atoms with Gasteiger partial charge in [0.25, 0.3) is 11.6 Å². The van der Waals surface area contributed by atoms with Crippen LogP contribution < -0.4 is 10.6 Å². The molecule has 1 aliphatic heterocycles. The number of likely N-dealkylation sites (N-methyl/N-ethyl adjacent to an activating group) is 1. The first kappa shape index (κ1) is 21.5. The van der Waals surface area contributed by atoms with Gasteiger partial charge in [-0.05, 0) is 6.92 Å². The zero-order valence-corrected chi connectivity index (χ0v) is 17.0. The van der Waals surface area contributed by atoms with E-state index in [1.807, 2.05) is 0 Å². The lowest BCUT2D eigenvalue weighted by Gasteiger charge is -2.16. The van der Waals surface area contributed by atoms with Crippen molar-refractivity contribution in [3.63, 3.8) is 0 Å². The molecule has 0 spiro atoms. The van der Waals surface area contributed by atoms with Gasteiger partial charge in [0.2, 0.25) is 0 Å². The number of rotatable bonds is 7. The SMILES string of the molecule is CCNC(=O)[C@H]1O[C@@H](n2cnc3c(NCc4ccccc4[N+](=O)[O-])ncnc32)[C@H](O)[C@@H]1O. The Morgan fingerprint density at radius 1 is 1.25 bits per heavy atom. The van der Waals surface area contributed by atoms with Gasteiger partial charge >= 0.3 is 0 Å². The monoisotopic (exact) mass is 443 g/mol. The molecule has 4 N–H and O–H groups in total. The molecule has 0 bridgehead atoms.